The molecule has 0 bridgehead atoms. The van der Waals surface area contributed by atoms with E-state index in [1.807, 2.05) is 5.38 Å². The van der Waals surface area contributed by atoms with Crippen LogP contribution in [0.5, 0.6) is 0 Å². The van der Waals surface area contributed by atoms with E-state index in [-0.39, 0.29) is 0 Å². The first-order chi connectivity index (χ1) is 7.66. The molecule has 0 saturated heterocycles. The Labute approximate surface area is 104 Å². The number of hydrogen-bond acceptors (Lipinski definition) is 5. The quantitative estimate of drug-likeness (QED) is 0.910. The maximum atomic E-state index is 11.1. The van der Waals surface area contributed by atoms with Crippen molar-refractivity contribution in [1.82, 2.24) is 9.97 Å². The monoisotopic (exact) mass is 298 g/mol. The van der Waals surface area contributed by atoms with E-state index in [4.69, 9.17) is 5.73 Å². The number of amides is 1. The van der Waals surface area contributed by atoms with E-state index >= 15 is 0 Å². The predicted molar refractivity (Wildman–Crippen MR) is 65.9 cm³/mol. The first-order valence-electron chi connectivity index (χ1n) is 4.29. The van der Waals surface area contributed by atoms with Crippen molar-refractivity contribution in [3.63, 3.8) is 0 Å². The van der Waals surface area contributed by atoms with Crippen molar-refractivity contribution in [2.24, 2.45) is 5.73 Å². The van der Waals surface area contributed by atoms with E-state index in [1.54, 1.807) is 18.3 Å². The van der Waals surface area contributed by atoms with Crippen molar-refractivity contribution in [2.45, 2.75) is 0 Å². The maximum absolute atomic E-state index is 11.1. The number of carbonyl (C=O) groups excluding carboxylic acids is 1. The molecule has 1 amide bonds. The molecule has 0 aliphatic rings. The number of halogens is 1. The normalized spacial score (nSPS) is 10.1. The summed E-state index contributed by atoms with van der Waals surface area (Å²) in [6.45, 7) is 0. The van der Waals surface area contributed by atoms with Crippen LogP contribution in [-0.4, -0.2) is 15.9 Å². The second-order valence-electron chi connectivity index (χ2n) is 2.86. The Hall–Kier alpha value is -1.47. The number of thiazole rings is 1. The Morgan fingerprint density at radius 3 is 3.00 bits per heavy atom. The van der Waals surface area contributed by atoms with Gasteiger partial charge in [0.05, 0.1) is 5.56 Å². The topological polar surface area (TPSA) is 80.9 Å². The minimum atomic E-state index is -0.522. The van der Waals surface area contributed by atoms with Gasteiger partial charge in [0.25, 0.3) is 5.91 Å². The van der Waals surface area contributed by atoms with E-state index in [0.717, 1.165) is 4.60 Å². The summed E-state index contributed by atoms with van der Waals surface area (Å²) in [5, 5.41) is 5.42. The molecular weight excluding hydrogens is 292 g/mol. The van der Waals surface area contributed by atoms with Gasteiger partial charge in [-0.1, -0.05) is 0 Å². The molecule has 0 atom stereocenters. The van der Waals surface area contributed by atoms with Gasteiger partial charge in [-0.3, -0.25) is 4.79 Å². The third-order valence-corrected chi connectivity index (χ3v) is 3.24. The molecule has 2 rings (SSSR count). The summed E-state index contributed by atoms with van der Waals surface area (Å²) in [6.07, 6.45) is 1.58. The molecule has 0 aromatic carbocycles. The molecule has 0 spiro atoms. The lowest BCUT2D eigenvalue weighted by Crippen LogP contribution is -2.13. The molecule has 2 aromatic rings. The van der Waals surface area contributed by atoms with Gasteiger partial charge in [0.1, 0.15) is 10.4 Å². The number of rotatable bonds is 3. The fourth-order valence-corrected chi connectivity index (χ4v) is 2.26. The van der Waals surface area contributed by atoms with Crippen LogP contribution < -0.4 is 11.1 Å². The number of nitrogens with two attached hydrogens (primary N) is 1. The molecule has 82 valence electrons. The minimum absolute atomic E-state index is 0.342. The zero-order valence-electron chi connectivity index (χ0n) is 7.98. The molecule has 3 N–H and O–H groups in total. The number of aromatic nitrogens is 2. The van der Waals surface area contributed by atoms with Gasteiger partial charge in [0.2, 0.25) is 0 Å². The summed E-state index contributed by atoms with van der Waals surface area (Å²) in [6, 6.07) is 3.27. The van der Waals surface area contributed by atoms with E-state index in [2.05, 4.69) is 31.2 Å². The van der Waals surface area contributed by atoms with Gasteiger partial charge in [-0.05, 0) is 28.1 Å². The molecule has 0 fully saturated rings. The third-order valence-electron chi connectivity index (χ3n) is 1.77. The van der Waals surface area contributed by atoms with Crippen LogP contribution in [0.15, 0.2) is 28.3 Å². The highest BCUT2D eigenvalue weighted by molar-refractivity contribution is 9.10. The maximum Gasteiger partial charge on any atom is 0.252 e. The lowest BCUT2D eigenvalue weighted by atomic mass is 10.2. The van der Waals surface area contributed by atoms with Crippen LogP contribution >= 0.6 is 27.3 Å². The fraction of sp³-hybridized carbons (Fsp3) is 0. The minimum Gasteiger partial charge on any atom is -0.365 e. The highest BCUT2D eigenvalue weighted by Gasteiger charge is 2.10. The second-order valence-corrected chi connectivity index (χ2v) is 4.53. The van der Waals surface area contributed by atoms with Gasteiger partial charge in [-0.15, -0.1) is 11.3 Å². The molecule has 0 saturated carbocycles. The van der Waals surface area contributed by atoms with Crippen molar-refractivity contribution in [3.8, 4) is 0 Å². The highest BCUT2D eigenvalue weighted by atomic mass is 79.9. The molecule has 16 heavy (non-hydrogen) atoms. The first-order valence-corrected chi connectivity index (χ1v) is 5.97. The van der Waals surface area contributed by atoms with Crippen molar-refractivity contribution < 1.29 is 4.79 Å². The van der Waals surface area contributed by atoms with Crippen molar-refractivity contribution >= 4 is 44.1 Å². The first kappa shape index (κ1) is 11.0. The lowest BCUT2D eigenvalue weighted by Gasteiger charge is -2.04. The highest BCUT2D eigenvalue weighted by Crippen LogP contribution is 2.23. The summed E-state index contributed by atoms with van der Waals surface area (Å²) in [7, 11) is 0. The molecule has 7 heteroatoms. The Balaban J connectivity index is 2.31. The van der Waals surface area contributed by atoms with E-state index in [9.17, 15) is 4.79 Å². The smallest absolute Gasteiger partial charge is 0.252 e. The van der Waals surface area contributed by atoms with Gasteiger partial charge in [-0.2, -0.15) is 0 Å². The summed E-state index contributed by atoms with van der Waals surface area (Å²) in [4.78, 5) is 19.3. The molecular formula is C9H7BrN4OS. The zero-order chi connectivity index (χ0) is 11.5. The Kier molecular flexibility index (Phi) is 3.16. The SMILES string of the molecule is NC(=O)c1cccnc1Nc1nc(Br)cs1. The van der Waals surface area contributed by atoms with Gasteiger partial charge in [0.15, 0.2) is 5.13 Å². The standard InChI is InChI=1S/C9H7BrN4OS/c10-6-4-16-9(13-6)14-8-5(7(11)15)2-1-3-12-8/h1-4H,(H2,11,15)(H,12,13,14). The van der Waals surface area contributed by atoms with Gasteiger partial charge >= 0.3 is 0 Å². The molecule has 0 unspecified atom stereocenters. The molecule has 2 heterocycles. The average Bonchev–Trinajstić information content (AvgIpc) is 2.64. The number of anilines is 2. The molecule has 5 nitrogen and oxygen atoms in total. The third kappa shape index (κ3) is 2.37. The fourth-order valence-electron chi connectivity index (χ4n) is 1.12. The van der Waals surface area contributed by atoms with Gasteiger partial charge < -0.3 is 11.1 Å². The lowest BCUT2D eigenvalue weighted by molar-refractivity contribution is 0.100. The van der Waals surface area contributed by atoms with Crippen LogP contribution in [0, 0.1) is 0 Å². The number of carbonyl (C=O) groups is 1. The number of primary amides is 1. The summed E-state index contributed by atoms with van der Waals surface area (Å²) < 4.78 is 0.733. The zero-order valence-corrected chi connectivity index (χ0v) is 10.4. The second kappa shape index (κ2) is 4.58. The van der Waals surface area contributed by atoms with Crippen molar-refractivity contribution in [2.75, 3.05) is 5.32 Å². The van der Waals surface area contributed by atoms with Crippen LogP contribution in [0.4, 0.5) is 10.9 Å². The van der Waals surface area contributed by atoms with E-state index in [0.29, 0.717) is 16.5 Å². The van der Waals surface area contributed by atoms with Crippen LogP contribution in [0.25, 0.3) is 0 Å². The van der Waals surface area contributed by atoms with Crippen LogP contribution in [0.2, 0.25) is 0 Å². The van der Waals surface area contributed by atoms with Crippen LogP contribution in [0.3, 0.4) is 0 Å². The number of hydrogen-bond donors (Lipinski definition) is 2. The summed E-state index contributed by atoms with van der Waals surface area (Å²) in [5.74, 6) is -0.108. The van der Waals surface area contributed by atoms with Crippen LogP contribution in [-0.2, 0) is 0 Å². The molecule has 0 aliphatic carbocycles. The van der Waals surface area contributed by atoms with Crippen molar-refractivity contribution in [1.29, 1.82) is 0 Å². The number of pyridine rings is 1. The average molecular weight is 299 g/mol. The van der Waals surface area contributed by atoms with Crippen molar-refractivity contribution in [3.05, 3.63) is 33.9 Å². The number of nitrogens with zero attached hydrogens (tertiary/aromatic N) is 2. The van der Waals surface area contributed by atoms with E-state index < -0.39 is 5.91 Å². The largest absolute Gasteiger partial charge is 0.365 e. The molecule has 0 radical (unpaired) electrons. The molecule has 0 aliphatic heterocycles. The van der Waals surface area contributed by atoms with Crippen LogP contribution in [0.1, 0.15) is 10.4 Å². The Morgan fingerprint density at radius 1 is 1.56 bits per heavy atom. The van der Waals surface area contributed by atoms with E-state index in [1.165, 1.54) is 11.3 Å². The molecule has 2 aromatic heterocycles. The Morgan fingerprint density at radius 2 is 2.38 bits per heavy atom. The summed E-state index contributed by atoms with van der Waals surface area (Å²) >= 11 is 4.64. The van der Waals surface area contributed by atoms with Gasteiger partial charge in [0, 0.05) is 11.6 Å². The van der Waals surface area contributed by atoms with Gasteiger partial charge in [-0.25, -0.2) is 9.97 Å². The Bertz CT molecular complexity index is 528. The predicted octanol–water partition coefficient (Wildman–Crippen LogP) is 2.14. The summed E-state index contributed by atoms with van der Waals surface area (Å²) in [5.41, 5.74) is 5.57. The number of nitrogens with one attached hydrogen (secondary N) is 1.